The summed E-state index contributed by atoms with van der Waals surface area (Å²) in [6, 6.07) is 0. The van der Waals surface area contributed by atoms with Crippen LogP contribution in [0.3, 0.4) is 0 Å². The average molecular weight is 222 g/mol. The first-order chi connectivity index (χ1) is 7.70. The summed E-state index contributed by atoms with van der Waals surface area (Å²) in [5.74, 6) is 1.83. The molecule has 5 heteroatoms. The van der Waals surface area contributed by atoms with Gasteiger partial charge in [-0.15, -0.1) is 0 Å². The molecule has 1 unspecified atom stereocenters. The molecule has 1 aromatic rings. The zero-order valence-corrected chi connectivity index (χ0v) is 9.56. The summed E-state index contributed by atoms with van der Waals surface area (Å²) >= 11 is 0. The lowest BCUT2D eigenvalue weighted by Crippen LogP contribution is -2.22. The van der Waals surface area contributed by atoms with Gasteiger partial charge in [0.2, 0.25) is 5.95 Å². The molecule has 2 heterocycles. The second-order valence-corrected chi connectivity index (χ2v) is 4.35. The third kappa shape index (κ3) is 2.24. The number of hydrogen-bond donors (Lipinski definition) is 2. The van der Waals surface area contributed by atoms with Crippen molar-refractivity contribution in [1.82, 2.24) is 9.97 Å². The van der Waals surface area contributed by atoms with Crippen LogP contribution in [0.1, 0.15) is 18.4 Å². The Bertz CT molecular complexity index is 369. The highest BCUT2D eigenvalue weighted by Crippen LogP contribution is 2.26. The van der Waals surface area contributed by atoms with E-state index in [4.69, 9.17) is 10.8 Å². The summed E-state index contributed by atoms with van der Waals surface area (Å²) in [7, 11) is 0. The number of aromatic nitrogens is 2. The van der Waals surface area contributed by atoms with Gasteiger partial charge in [-0.05, 0) is 25.7 Å². The fourth-order valence-electron chi connectivity index (χ4n) is 2.21. The molecule has 1 aliphatic rings. The Morgan fingerprint density at radius 1 is 1.62 bits per heavy atom. The van der Waals surface area contributed by atoms with Gasteiger partial charge in [0.05, 0.1) is 0 Å². The molecule has 88 valence electrons. The van der Waals surface area contributed by atoms with Crippen molar-refractivity contribution in [1.29, 1.82) is 0 Å². The van der Waals surface area contributed by atoms with Crippen LogP contribution in [0, 0.1) is 12.8 Å². The molecular formula is C11H18N4O. The zero-order chi connectivity index (χ0) is 11.5. The smallest absolute Gasteiger partial charge is 0.221 e. The van der Waals surface area contributed by atoms with Crippen molar-refractivity contribution in [2.24, 2.45) is 5.92 Å². The molecule has 3 N–H and O–H groups in total. The first-order valence-corrected chi connectivity index (χ1v) is 5.65. The number of aliphatic hydroxyl groups excluding tert-OH is 1. The summed E-state index contributed by atoms with van der Waals surface area (Å²) in [6.07, 6.45) is 3.75. The van der Waals surface area contributed by atoms with Gasteiger partial charge in [-0.3, -0.25) is 0 Å². The summed E-state index contributed by atoms with van der Waals surface area (Å²) in [5, 5.41) is 8.92. The van der Waals surface area contributed by atoms with Crippen LogP contribution < -0.4 is 10.6 Å². The minimum Gasteiger partial charge on any atom is -0.396 e. The molecule has 0 saturated carbocycles. The Kier molecular flexibility index (Phi) is 3.24. The van der Waals surface area contributed by atoms with Gasteiger partial charge >= 0.3 is 0 Å². The van der Waals surface area contributed by atoms with Gasteiger partial charge in [-0.1, -0.05) is 0 Å². The molecule has 1 atom stereocenters. The number of nitrogen functional groups attached to an aromatic ring is 1. The fourth-order valence-corrected chi connectivity index (χ4v) is 2.21. The first-order valence-electron chi connectivity index (χ1n) is 5.65. The number of hydrogen-bond acceptors (Lipinski definition) is 5. The molecule has 16 heavy (non-hydrogen) atoms. The molecule has 5 nitrogen and oxygen atoms in total. The highest BCUT2D eigenvalue weighted by atomic mass is 16.3. The van der Waals surface area contributed by atoms with Crippen molar-refractivity contribution < 1.29 is 5.11 Å². The highest BCUT2D eigenvalue weighted by Gasteiger charge is 2.24. The van der Waals surface area contributed by atoms with E-state index >= 15 is 0 Å². The molecule has 0 radical (unpaired) electrons. The van der Waals surface area contributed by atoms with E-state index in [1.807, 2.05) is 6.92 Å². The average Bonchev–Trinajstić information content (AvgIpc) is 2.71. The molecule has 1 aliphatic heterocycles. The van der Waals surface area contributed by atoms with E-state index in [0.717, 1.165) is 37.3 Å². The zero-order valence-electron chi connectivity index (χ0n) is 9.56. The number of rotatable bonds is 3. The van der Waals surface area contributed by atoms with Crippen LogP contribution in [-0.4, -0.2) is 34.8 Å². The molecule has 0 aliphatic carbocycles. The van der Waals surface area contributed by atoms with Crippen LogP contribution >= 0.6 is 0 Å². The predicted molar refractivity (Wildman–Crippen MR) is 63.2 cm³/mol. The number of aliphatic hydroxyl groups is 1. The quantitative estimate of drug-likeness (QED) is 0.782. The van der Waals surface area contributed by atoms with Crippen LogP contribution in [0.15, 0.2) is 6.20 Å². The van der Waals surface area contributed by atoms with Gasteiger partial charge in [0.15, 0.2) is 0 Å². The monoisotopic (exact) mass is 222 g/mol. The molecule has 2 rings (SSSR count). The lowest BCUT2D eigenvalue weighted by molar-refractivity contribution is 0.263. The lowest BCUT2D eigenvalue weighted by Gasteiger charge is -2.19. The maximum atomic E-state index is 8.92. The molecule has 0 spiro atoms. The summed E-state index contributed by atoms with van der Waals surface area (Å²) < 4.78 is 0. The van der Waals surface area contributed by atoms with E-state index in [9.17, 15) is 0 Å². The molecular weight excluding hydrogens is 204 g/mol. The van der Waals surface area contributed by atoms with Gasteiger partial charge in [-0.25, -0.2) is 4.98 Å². The minimum absolute atomic E-state index is 0.267. The van der Waals surface area contributed by atoms with Crippen molar-refractivity contribution in [3.05, 3.63) is 11.8 Å². The third-order valence-corrected chi connectivity index (χ3v) is 3.09. The SMILES string of the molecule is Cc1cnc(N)nc1N1CCC(CCO)C1. The molecule has 1 saturated heterocycles. The summed E-state index contributed by atoms with van der Waals surface area (Å²) in [5.41, 5.74) is 6.65. The number of anilines is 2. The van der Waals surface area contributed by atoms with E-state index < -0.39 is 0 Å². The Balaban J connectivity index is 2.11. The normalized spacial score (nSPS) is 20.4. The first kappa shape index (κ1) is 11.1. The minimum atomic E-state index is 0.267. The van der Waals surface area contributed by atoms with Crippen LogP contribution in [0.25, 0.3) is 0 Å². The Labute approximate surface area is 95.3 Å². The van der Waals surface area contributed by atoms with Crippen LogP contribution in [-0.2, 0) is 0 Å². The van der Waals surface area contributed by atoms with Gasteiger partial charge in [0.1, 0.15) is 5.82 Å². The second kappa shape index (κ2) is 4.65. The maximum Gasteiger partial charge on any atom is 0.221 e. The van der Waals surface area contributed by atoms with Crippen molar-refractivity contribution in [2.75, 3.05) is 30.3 Å². The molecule has 1 fully saturated rings. The predicted octanol–water partition coefficient (Wildman–Crippen LogP) is 0.576. The van der Waals surface area contributed by atoms with Gasteiger partial charge < -0.3 is 15.7 Å². The van der Waals surface area contributed by atoms with Crippen molar-refractivity contribution in [2.45, 2.75) is 19.8 Å². The molecule has 0 amide bonds. The van der Waals surface area contributed by atoms with E-state index in [2.05, 4.69) is 14.9 Å². The fraction of sp³-hybridized carbons (Fsp3) is 0.636. The van der Waals surface area contributed by atoms with Crippen LogP contribution in [0.4, 0.5) is 11.8 Å². The summed E-state index contributed by atoms with van der Waals surface area (Å²) in [6.45, 7) is 4.21. The van der Waals surface area contributed by atoms with Crippen LogP contribution in [0.5, 0.6) is 0 Å². The van der Waals surface area contributed by atoms with Gasteiger partial charge in [0.25, 0.3) is 0 Å². The van der Waals surface area contributed by atoms with Gasteiger partial charge in [0, 0.05) is 31.5 Å². The van der Waals surface area contributed by atoms with Crippen molar-refractivity contribution in [3.8, 4) is 0 Å². The highest BCUT2D eigenvalue weighted by molar-refractivity contribution is 5.48. The van der Waals surface area contributed by atoms with E-state index in [1.165, 1.54) is 0 Å². The second-order valence-electron chi connectivity index (χ2n) is 4.35. The van der Waals surface area contributed by atoms with E-state index in [0.29, 0.717) is 11.9 Å². The third-order valence-electron chi connectivity index (χ3n) is 3.09. The van der Waals surface area contributed by atoms with E-state index in [1.54, 1.807) is 6.20 Å². The molecule has 0 bridgehead atoms. The largest absolute Gasteiger partial charge is 0.396 e. The Morgan fingerprint density at radius 2 is 2.44 bits per heavy atom. The van der Waals surface area contributed by atoms with Crippen LogP contribution in [0.2, 0.25) is 0 Å². The summed E-state index contributed by atoms with van der Waals surface area (Å²) in [4.78, 5) is 10.5. The van der Waals surface area contributed by atoms with Crippen molar-refractivity contribution in [3.63, 3.8) is 0 Å². The van der Waals surface area contributed by atoms with Crippen molar-refractivity contribution >= 4 is 11.8 Å². The van der Waals surface area contributed by atoms with Gasteiger partial charge in [-0.2, -0.15) is 4.98 Å². The standard InChI is InChI=1S/C11H18N4O/c1-8-6-13-11(12)14-10(8)15-4-2-9(7-15)3-5-16/h6,9,16H,2-5,7H2,1H3,(H2,12,13,14). The number of aryl methyl sites for hydroxylation is 1. The molecule has 0 aromatic carbocycles. The number of nitrogens with two attached hydrogens (primary N) is 1. The lowest BCUT2D eigenvalue weighted by atomic mass is 10.1. The topological polar surface area (TPSA) is 75.3 Å². The number of nitrogens with zero attached hydrogens (tertiary/aromatic N) is 3. The Hall–Kier alpha value is -1.36. The Morgan fingerprint density at radius 3 is 3.19 bits per heavy atom. The maximum absolute atomic E-state index is 8.92. The molecule has 1 aromatic heterocycles. The van der Waals surface area contributed by atoms with E-state index in [-0.39, 0.29) is 6.61 Å².